The van der Waals surface area contributed by atoms with Crippen molar-refractivity contribution in [1.29, 1.82) is 0 Å². The van der Waals surface area contributed by atoms with Gasteiger partial charge in [-0.25, -0.2) is 4.98 Å². The monoisotopic (exact) mass is 320 g/mol. The summed E-state index contributed by atoms with van der Waals surface area (Å²) < 4.78 is 2.03. The van der Waals surface area contributed by atoms with Gasteiger partial charge in [-0.05, 0) is 29.7 Å². The van der Waals surface area contributed by atoms with Gasteiger partial charge in [-0.3, -0.25) is 4.79 Å². The largest absolute Gasteiger partial charge is 0.353 e. The zero-order valence-corrected chi connectivity index (χ0v) is 13.5. The van der Waals surface area contributed by atoms with E-state index in [-0.39, 0.29) is 5.91 Å². The van der Waals surface area contributed by atoms with Crippen molar-refractivity contribution in [3.8, 4) is 0 Å². The molecule has 1 aliphatic rings. The number of carbonyl (C=O) groups is 1. The fourth-order valence-electron chi connectivity index (χ4n) is 3.25. The van der Waals surface area contributed by atoms with Gasteiger partial charge in [0.25, 0.3) is 0 Å². The predicted molar refractivity (Wildman–Crippen MR) is 95.0 cm³/mol. The van der Waals surface area contributed by atoms with Gasteiger partial charge in [0.15, 0.2) is 0 Å². The molecule has 5 nitrogen and oxygen atoms in total. The third kappa shape index (κ3) is 2.85. The fourth-order valence-corrected chi connectivity index (χ4v) is 3.25. The van der Waals surface area contributed by atoms with Gasteiger partial charge in [-0.15, -0.1) is 0 Å². The summed E-state index contributed by atoms with van der Waals surface area (Å²) in [5, 5.41) is 1.17. The molecule has 3 heterocycles. The SMILES string of the molecule is O=C(Cn1ccc2ccccc21)N1CCN(c2ccccn2)CC1. The Labute approximate surface area is 141 Å². The number of aromatic nitrogens is 2. The van der Waals surface area contributed by atoms with Crippen molar-refractivity contribution >= 4 is 22.6 Å². The Hall–Kier alpha value is -2.82. The van der Waals surface area contributed by atoms with Crippen LogP contribution in [0.3, 0.4) is 0 Å². The van der Waals surface area contributed by atoms with E-state index in [9.17, 15) is 4.79 Å². The minimum Gasteiger partial charge on any atom is -0.353 e. The lowest BCUT2D eigenvalue weighted by Crippen LogP contribution is -2.49. The molecule has 0 spiro atoms. The van der Waals surface area contributed by atoms with E-state index < -0.39 is 0 Å². The van der Waals surface area contributed by atoms with Crippen LogP contribution in [0.1, 0.15) is 0 Å². The molecule has 1 aliphatic heterocycles. The minimum atomic E-state index is 0.178. The zero-order valence-electron chi connectivity index (χ0n) is 13.5. The quantitative estimate of drug-likeness (QED) is 0.744. The molecule has 0 bridgehead atoms. The molecule has 122 valence electrons. The first-order valence-corrected chi connectivity index (χ1v) is 8.29. The van der Waals surface area contributed by atoms with Crippen LogP contribution < -0.4 is 4.90 Å². The molecule has 1 saturated heterocycles. The van der Waals surface area contributed by atoms with E-state index in [1.54, 1.807) is 0 Å². The maximum absolute atomic E-state index is 12.6. The average molecular weight is 320 g/mol. The second-order valence-corrected chi connectivity index (χ2v) is 6.06. The maximum Gasteiger partial charge on any atom is 0.242 e. The van der Waals surface area contributed by atoms with E-state index in [4.69, 9.17) is 0 Å². The number of amides is 1. The van der Waals surface area contributed by atoms with Crippen molar-refractivity contribution in [2.24, 2.45) is 0 Å². The normalized spacial score (nSPS) is 15.0. The second-order valence-electron chi connectivity index (χ2n) is 6.06. The van der Waals surface area contributed by atoms with Crippen molar-refractivity contribution in [1.82, 2.24) is 14.5 Å². The summed E-state index contributed by atoms with van der Waals surface area (Å²) in [5.74, 6) is 1.16. The number of hydrogen-bond donors (Lipinski definition) is 0. The first-order valence-electron chi connectivity index (χ1n) is 8.29. The van der Waals surface area contributed by atoms with E-state index in [1.165, 1.54) is 5.39 Å². The molecule has 0 atom stereocenters. The summed E-state index contributed by atoms with van der Waals surface area (Å²) in [4.78, 5) is 21.2. The zero-order chi connectivity index (χ0) is 16.4. The summed E-state index contributed by atoms with van der Waals surface area (Å²) in [6, 6.07) is 16.1. The van der Waals surface area contributed by atoms with Crippen molar-refractivity contribution in [2.45, 2.75) is 6.54 Å². The van der Waals surface area contributed by atoms with E-state index in [1.807, 2.05) is 52.2 Å². The van der Waals surface area contributed by atoms with E-state index in [0.29, 0.717) is 6.54 Å². The molecule has 0 unspecified atom stereocenters. The van der Waals surface area contributed by atoms with E-state index in [0.717, 1.165) is 37.5 Å². The number of nitrogens with zero attached hydrogens (tertiary/aromatic N) is 4. The minimum absolute atomic E-state index is 0.178. The number of benzene rings is 1. The Morgan fingerprint density at radius 3 is 2.54 bits per heavy atom. The molecule has 5 heteroatoms. The molecule has 4 rings (SSSR count). The highest BCUT2D eigenvalue weighted by Crippen LogP contribution is 2.16. The molecule has 0 aliphatic carbocycles. The Balaban J connectivity index is 1.40. The molecule has 1 fully saturated rings. The predicted octanol–water partition coefficient (Wildman–Crippen LogP) is 2.39. The smallest absolute Gasteiger partial charge is 0.242 e. The number of fused-ring (bicyclic) bond motifs is 1. The van der Waals surface area contributed by atoms with Crippen LogP contribution in [0.5, 0.6) is 0 Å². The number of anilines is 1. The molecular weight excluding hydrogens is 300 g/mol. The van der Waals surface area contributed by atoms with Gasteiger partial charge in [0.05, 0.1) is 0 Å². The first kappa shape index (κ1) is 14.8. The van der Waals surface area contributed by atoms with Gasteiger partial charge < -0.3 is 14.4 Å². The van der Waals surface area contributed by atoms with Gasteiger partial charge in [0.2, 0.25) is 5.91 Å². The second kappa shape index (κ2) is 6.35. The Bertz CT molecular complexity index is 835. The topological polar surface area (TPSA) is 41.4 Å². The highest BCUT2D eigenvalue weighted by atomic mass is 16.2. The Kier molecular flexibility index (Phi) is 3.91. The summed E-state index contributed by atoms with van der Waals surface area (Å²) in [6.07, 6.45) is 3.80. The van der Waals surface area contributed by atoms with Crippen molar-refractivity contribution in [3.63, 3.8) is 0 Å². The lowest BCUT2D eigenvalue weighted by atomic mass is 10.2. The van der Waals surface area contributed by atoms with Crippen molar-refractivity contribution in [2.75, 3.05) is 31.1 Å². The maximum atomic E-state index is 12.6. The summed E-state index contributed by atoms with van der Waals surface area (Å²) in [7, 11) is 0. The highest BCUT2D eigenvalue weighted by molar-refractivity contribution is 5.83. The standard InChI is InChI=1S/C19H20N4O/c24-19(15-23-10-8-16-5-1-2-6-17(16)23)22-13-11-21(12-14-22)18-7-3-4-9-20-18/h1-10H,11-15H2. The third-order valence-corrected chi connectivity index (χ3v) is 4.59. The molecule has 3 aromatic rings. The molecule has 0 N–H and O–H groups in total. The van der Waals surface area contributed by atoms with Gasteiger partial charge in [-0.2, -0.15) is 0 Å². The van der Waals surface area contributed by atoms with Gasteiger partial charge in [0, 0.05) is 44.1 Å². The van der Waals surface area contributed by atoms with Crippen LogP contribution >= 0.6 is 0 Å². The molecule has 24 heavy (non-hydrogen) atoms. The lowest BCUT2D eigenvalue weighted by molar-refractivity contribution is -0.132. The number of rotatable bonds is 3. The number of piperazine rings is 1. The summed E-state index contributed by atoms with van der Waals surface area (Å²) >= 11 is 0. The lowest BCUT2D eigenvalue weighted by Gasteiger charge is -2.35. The van der Waals surface area contributed by atoms with E-state index >= 15 is 0 Å². The molecule has 1 amide bonds. The number of pyridine rings is 1. The molecule has 1 aromatic carbocycles. The summed E-state index contributed by atoms with van der Waals surface area (Å²) in [6.45, 7) is 3.55. The van der Waals surface area contributed by atoms with Crippen LogP contribution in [-0.4, -0.2) is 46.5 Å². The Morgan fingerprint density at radius 1 is 0.958 bits per heavy atom. The van der Waals surface area contributed by atoms with Crippen LogP contribution in [0.4, 0.5) is 5.82 Å². The first-order chi connectivity index (χ1) is 11.8. The third-order valence-electron chi connectivity index (χ3n) is 4.59. The van der Waals surface area contributed by atoms with Crippen LogP contribution in [0.25, 0.3) is 10.9 Å². The van der Waals surface area contributed by atoms with Crippen LogP contribution in [0.15, 0.2) is 60.9 Å². The van der Waals surface area contributed by atoms with Crippen molar-refractivity contribution in [3.05, 3.63) is 60.9 Å². The van der Waals surface area contributed by atoms with Crippen molar-refractivity contribution < 1.29 is 4.79 Å². The fraction of sp³-hybridized carbons (Fsp3) is 0.263. The average Bonchev–Trinajstić information content (AvgIpc) is 3.06. The Morgan fingerprint density at radius 2 is 1.75 bits per heavy atom. The summed E-state index contributed by atoms with van der Waals surface area (Å²) in [5.41, 5.74) is 1.11. The van der Waals surface area contributed by atoms with Crippen LogP contribution in [-0.2, 0) is 11.3 Å². The van der Waals surface area contributed by atoms with Gasteiger partial charge in [-0.1, -0.05) is 24.3 Å². The van der Waals surface area contributed by atoms with Gasteiger partial charge >= 0.3 is 0 Å². The number of carbonyl (C=O) groups excluding carboxylic acids is 1. The van der Waals surface area contributed by atoms with Gasteiger partial charge in [0.1, 0.15) is 12.4 Å². The molecule has 0 radical (unpaired) electrons. The molecule has 2 aromatic heterocycles. The highest BCUT2D eigenvalue weighted by Gasteiger charge is 2.22. The van der Waals surface area contributed by atoms with Crippen LogP contribution in [0, 0.1) is 0 Å². The molecular formula is C19H20N4O. The van der Waals surface area contributed by atoms with Crippen LogP contribution in [0.2, 0.25) is 0 Å². The number of hydrogen-bond acceptors (Lipinski definition) is 3. The van der Waals surface area contributed by atoms with E-state index in [2.05, 4.69) is 28.1 Å². The number of para-hydroxylation sites is 1. The molecule has 0 saturated carbocycles.